The number of ether oxygens (including phenoxy) is 1. The Kier molecular flexibility index (Phi) is 5.25. The van der Waals surface area contributed by atoms with Crippen molar-refractivity contribution in [1.29, 1.82) is 0 Å². The number of rotatable bonds is 3. The number of hydrogen-bond acceptors (Lipinski definition) is 5. The van der Waals surface area contributed by atoms with Crippen LogP contribution in [0.15, 0.2) is 28.8 Å². The van der Waals surface area contributed by atoms with Crippen LogP contribution in [0.25, 0.3) is 0 Å². The van der Waals surface area contributed by atoms with Gasteiger partial charge in [-0.05, 0) is 51.3 Å². The Labute approximate surface area is 152 Å². The molecule has 1 amide bonds. The van der Waals surface area contributed by atoms with Gasteiger partial charge < -0.3 is 14.2 Å². The Morgan fingerprint density at radius 3 is 2.77 bits per heavy atom. The number of likely N-dealkylation sites (tertiary alicyclic amines) is 1. The van der Waals surface area contributed by atoms with Gasteiger partial charge in [0.05, 0.1) is 5.92 Å². The maximum atomic E-state index is 13.0. The third-order valence-electron chi connectivity index (χ3n) is 4.18. The summed E-state index contributed by atoms with van der Waals surface area (Å²) < 4.78 is 23.8. The second kappa shape index (κ2) is 7.43. The highest BCUT2D eigenvalue weighted by Gasteiger charge is 2.31. The normalized spacial score (nSPS) is 18.0. The molecule has 2 heterocycles. The summed E-state index contributed by atoms with van der Waals surface area (Å²) >= 11 is 0. The molecule has 0 radical (unpaired) electrons. The van der Waals surface area contributed by atoms with Crippen LogP contribution in [0, 0.1) is 5.82 Å². The molecule has 1 aliphatic rings. The van der Waals surface area contributed by atoms with Crippen molar-refractivity contribution in [3.05, 3.63) is 47.4 Å². The van der Waals surface area contributed by atoms with E-state index in [1.165, 1.54) is 12.1 Å². The Hall–Kier alpha value is -2.44. The molecule has 1 saturated heterocycles. The fraction of sp³-hybridized carbons (Fsp3) is 0.526. The van der Waals surface area contributed by atoms with Gasteiger partial charge >= 0.3 is 6.09 Å². The predicted octanol–water partition coefficient (Wildman–Crippen LogP) is 3.91. The van der Waals surface area contributed by atoms with Gasteiger partial charge in [0.1, 0.15) is 11.4 Å². The second-order valence-corrected chi connectivity index (χ2v) is 7.62. The lowest BCUT2D eigenvalue weighted by Crippen LogP contribution is -2.42. The smallest absolute Gasteiger partial charge is 0.410 e. The quantitative estimate of drug-likeness (QED) is 0.829. The van der Waals surface area contributed by atoms with Gasteiger partial charge in [-0.15, -0.1) is 0 Å². The number of nitrogens with zero attached hydrogens (tertiary/aromatic N) is 3. The van der Waals surface area contributed by atoms with Crippen LogP contribution >= 0.6 is 0 Å². The Morgan fingerprint density at radius 1 is 1.35 bits per heavy atom. The zero-order chi connectivity index (χ0) is 18.7. The number of carbonyl (C=O) groups excluding carboxylic acids is 1. The van der Waals surface area contributed by atoms with Gasteiger partial charge in [0, 0.05) is 19.5 Å². The largest absolute Gasteiger partial charge is 0.444 e. The number of halogens is 1. The lowest BCUT2D eigenvalue weighted by Gasteiger charge is -2.32. The van der Waals surface area contributed by atoms with Gasteiger partial charge in [0.15, 0.2) is 5.82 Å². The number of aromatic nitrogens is 2. The standard InChI is InChI=1S/C19H24FN3O3/c1-19(2,3)25-18(24)23-10-4-5-14(12-23)17-21-16(22-26-17)11-13-6-8-15(20)9-7-13/h6-9,14H,4-5,10-12H2,1-3H3/t14-/m0/s1. The topological polar surface area (TPSA) is 68.5 Å². The lowest BCUT2D eigenvalue weighted by atomic mass is 9.98. The maximum absolute atomic E-state index is 13.0. The predicted molar refractivity (Wildman–Crippen MR) is 93.3 cm³/mol. The summed E-state index contributed by atoms with van der Waals surface area (Å²) in [4.78, 5) is 18.4. The van der Waals surface area contributed by atoms with Crippen molar-refractivity contribution in [3.8, 4) is 0 Å². The first-order valence-corrected chi connectivity index (χ1v) is 8.85. The summed E-state index contributed by atoms with van der Waals surface area (Å²) in [5, 5.41) is 4.02. The number of benzene rings is 1. The Balaban J connectivity index is 1.63. The highest BCUT2D eigenvalue weighted by molar-refractivity contribution is 5.68. The molecule has 0 N–H and O–H groups in total. The van der Waals surface area contributed by atoms with E-state index < -0.39 is 5.60 Å². The first-order chi connectivity index (χ1) is 12.3. The molecule has 140 valence electrons. The SMILES string of the molecule is CC(C)(C)OC(=O)N1CCC[C@H](c2nc(Cc3ccc(F)cc3)no2)C1. The minimum atomic E-state index is -0.517. The van der Waals surface area contributed by atoms with Gasteiger partial charge in [-0.3, -0.25) is 0 Å². The molecule has 1 aromatic carbocycles. The summed E-state index contributed by atoms with van der Waals surface area (Å²) in [6, 6.07) is 6.23. The maximum Gasteiger partial charge on any atom is 0.410 e. The number of hydrogen-bond donors (Lipinski definition) is 0. The minimum absolute atomic E-state index is 0.00531. The molecule has 1 atom stereocenters. The highest BCUT2D eigenvalue weighted by Crippen LogP contribution is 2.27. The minimum Gasteiger partial charge on any atom is -0.444 e. The molecular formula is C19H24FN3O3. The van der Waals surface area contributed by atoms with Crippen LogP contribution < -0.4 is 0 Å². The van der Waals surface area contributed by atoms with E-state index in [0.29, 0.717) is 31.2 Å². The fourth-order valence-corrected chi connectivity index (χ4v) is 2.96. The molecule has 1 fully saturated rings. The van der Waals surface area contributed by atoms with Crippen molar-refractivity contribution >= 4 is 6.09 Å². The van der Waals surface area contributed by atoms with Crippen LogP contribution in [-0.4, -0.2) is 39.8 Å². The van der Waals surface area contributed by atoms with Crippen LogP contribution in [0.3, 0.4) is 0 Å². The van der Waals surface area contributed by atoms with Crippen LogP contribution in [0.4, 0.5) is 9.18 Å². The van der Waals surface area contributed by atoms with Crippen molar-refractivity contribution < 1.29 is 18.4 Å². The van der Waals surface area contributed by atoms with E-state index in [4.69, 9.17) is 9.26 Å². The van der Waals surface area contributed by atoms with Gasteiger partial charge in [-0.2, -0.15) is 4.98 Å². The summed E-state index contributed by atoms with van der Waals surface area (Å²) in [6.45, 7) is 6.74. The molecule has 0 saturated carbocycles. The highest BCUT2D eigenvalue weighted by atomic mass is 19.1. The van der Waals surface area contributed by atoms with Gasteiger partial charge in [-0.1, -0.05) is 17.3 Å². The molecule has 1 aromatic heterocycles. The van der Waals surface area contributed by atoms with Crippen LogP contribution in [-0.2, 0) is 11.2 Å². The summed E-state index contributed by atoms with van der Waals surface area (Å²) in [7, 11) is 0. The van der Waals surface area contributed by atoms with E-state index in [-0.39, 0.29) is 17.8 Å². The van der Waals surface area contributed by atoms with E-state index in [9.17, 15) is 9.18 Å². The monoisotopic (exact) mass is 361 g/mol. The third kappa shape index (κ3) is 4.80. The zero-order valence-corrected chi connectivity index (χ0v) is 15.4. The van der Waals surface area contributed by atoms with Crippen molar-refractivity contribution in [1.82, 2.24) is 15.0 Å². The average Bonchev–Trinajstić information content (AvgIpc) is 3.04. The molecule has 0 unspecified atom stereocenters. The summed E-state index contributed by atoms with van der Waals surface area (Å²) in [6.07, 6.45) is 1.91. The lowest BCUT2D eigenvalue weighted by molar-refractivity contribution is 0.0189. The van der Waals surface area contributed by atoms with Crippen LogP contribution in [0.1, 0.15) is 56.8 Å². The van der Waals surface area contributed by atoms with Crippen molar-refractivity contribution in [3.63, 3.8) is 0 Å². The molecule has 3 rings (SSSR count). The molecule has 0 bridgehead atoms. The van der Waals surface area contributed by atoms with Gasteiger partial charge in [0.25, 0.3) is 0 Å². The third-order valence-corrected chi connectivity index (χ3v) is 4.18. The van der Waals surface area contributed by atoms with Crippen LogP contribution in [0.5, 0.6) is 0 Å². The molecule has 7 heteroatoms. The Bertz CT molecular complexity index is 752. The average molecular weight is 361 g/mol. The van der Waals surface area contributed by atoms with E-state index in [1.807, 2.05) is 20.8 Å². The zero-order valence-electron chi connectivity index (χ0n) is 15.4. The van der Waals surface area contributed by atoms with Crippen molar-refractivity contribution in [2.75, 3.05) is 13.1 Å². The molecular weight excluding hydrogens is 337 g/mol. The molecule has 0 aliphatic carbocycles. The molecule has 6 nitrogen and oxygen atoms in total. The van der Waals surface area contributed by atoms with Gasteiger partial charge in [0.2, 0.25) is 5.89 Å². The fourth-order valence-electron chi connectivity index (χ4n) is 2.96. The van der Waals surface area contributed by atoms with E-state index in [1.54, 1.807) is 17.0 Å². The van der Waals surface area contributed by atoms with Gasteiger partial charge in [-0.25, -0.2) is 9.18 Å². The molecule has 26 heavy (non-hydrogen) atoms. The number of carbonyl (C=O) groups is 1. The van der Waals surface area contributed by atoms with Crippen molar-refractivity contribution in [2.24, 2.45) is 0 Å². The second-order valence-electron chi connectivity index (χ2n) is 7.62. The Morgan fingerprint density at radius 2 is 2.08 bits per heavy atom. The number of piperidine rings is 1. The van der Waals surface area contributed by atoms with E-state index in [0.717, 1.165) is 18.4 Å². The summed E-state index contributed by atoms with van der Waals surface area (Å²) in [5.41, 5.74) is 0.398. The molecule has 2 aromatic rings. The van der Waals surface area contributed by atoms with E-state index in [2.05, 4.69) is 10.1 Å². The molecule has 0 spiro atoms. The number of amides is 1. The van der Waals surface area contributed by atoms with Crippen molar-refractivity contribution in [2.45, 2.75) is 51.6 Å². The first kappa shape index (κ1) is 18.4. The van der Waals surface area contributed by atoms with E-state index >= 15 is 0 Å². The summed E-state index contributed by atoms with van der Waals surface area (Å²) in [5.74, 6) is 0.828. The van der Waals surface area contributed by atoms with Crippen LogP contribution in [0.2, 0.25) is 0 Å². The first-order valence-electron chi connectivity index (χ1n) is 8.85. The molecule has 1 aliphatic heterocycles.